The van der Waals surface area contributed by atoms with Gasteiger partial charge in [0.1, 0.15) is 24.0 Å². The van der Waals surface area contributed by atoms with E-state index in [4.69, 9.17) is 14.2 Å². The Morgan fingerprint density at radius 1 is 1.06 bits per heavy atom. The first kappa shape index (κ1) is 20.6. The Hall–Kier alpha value is -4.03. The number of ketones is 1. The van der Waals surface area contributed by atoms with Crippen molar-refractivity contribution < 1.29 is 19.0 Å². The van der Waals surface area contributed by atoms with E-state index < -0.39 is 0 Å². The van der Waals surface area contributed by atoms with Crippen LogP contribution in [0.3, 0.4) is 0 Å². The number of carbonyl (C=O) groups is 1. The molecule has 2 aliphatic rings. The van der Waals surface area contributed by atoms with Crippen LogP contribution in [0.25, 0.3) is 17.0 Å². The van der Waals surface area contributed by atoms with Crippen LogP contribution < -0.4 is 14.2 Å². The molecule has 0 fully saturated rings. The zero-order chi connectivity index (χ0) is 23.2. The molecule has 0 bridgehead atoms. The predicted molar refractivity (Wildman–Crippen MR) is 130 cm³/mol. The zero-order valence-corrected chi connectivity index (χ0v) is 19.1. The first-order valence-electron chi connectivity index (χ1n) is 11.2. The molecule has 4 aromatic rings. The Kier molecular flexibility index (Phi) is 4.89. The van der Waals surface area contributed by atoms with E-state index in [0.29, 0.717) is 30.3 Å². The van der Waals surface area contributed by atoms with Gasteiger partial charge in [0.2, 0.25) is 5.78 Å². The van der Waals surface area contributed by atoms with Crippen LogP contribution in [0.2, 0.25) is 0 Å². The third-order valence-corrected chi connectivity index (χ3v) is 6.46. The van der Waals surface area contributed by atoms with Crippen LogP contribution in [0.1, 0.15) is 27.0 Å². The van der Waals surface area contributed by atoms with Crippen molar-refractivity contribution in [2.45, 2.75) is 13.1 Å². The van der Waals surface area contributed by atoms with E-state index in [1.54, 1.807) is 13.2 Å². The number of aromatic nitrogens is 1. The van der Waals surface area contributed by atoms with Gasteiger partial charge in [0.05, 0.1) is 18.2 Å². The minimum atomic E-state index is -0.0991. The number of carbonyl (C=O) groups excluding carboxylic acids is 1. The number of ether oxygens (including phenoxy) is 3. The molecule has 0 unspecified atom stereocenters. The fourth-order valence-corrected chi connectivity index (χ4v) is 4.72. The number of methoxy groups -OCH3 is 1. The number of allylic oxidation sites excluding steroid dienone is 1. The average molecular weight is 453 g/mol. The number of Topliss-reactive ketones (excluding diaryl/α,β-unsaturated/α-hetero) is 1. The molecule has 3 aromatic carbocycles. The fourth-order valence-electron chi connectivity index (χ4n) is 4.72. The van der Waals surface area contributed by atoms with E-state index in [9.17, 15) is 4.79 Å². The van der Waals surface area contributed by atoms with E-state index >= 15 is 0 Å². The lowest BCUT2D eigenvalue weighted by Gasteiger charge is -2.29. The largest absolute Gasteiger partial charge is 0.497 e. The van der Waals surface area contributed by atoms with Gasteiger partial charge in [0.25, 0.3) is 0 Å². The van der Waals surface area contributed by atoms with Crippen LogP contribution in [0.4, 0.5) is 0 Å². The highest BCUT2D eigenvalue weighted by atomic mass is 16.5. The van der Waals surface area contributed by atoms with Crippen molar-refractivity contribution >= 4 is 22.8 Å². The maximum absolute atomic E-state index is 13.2. The van der Waals surface area contributed by atoms with Crippen molar-refractivity contribution in [3.63, 3.8) is 0 Å². The number of aryl methyl sites for hydroxylation is 1. The average Bonchev–Trinajstić information content (AvgIpc) is 3.36. The molecule has 34 heavy (non-hydrogen) atoms. The number of fused-ring (bicyclic) bond motifs is 4. The van der Waals surface area contributed by atoms with Gasteiger partial charge in [0, 0.05) is 42.8 Å². The SMILES string of the molecule is COc1ccc(CN2COc3ccc4c(c3C2)O/C(=C\c2cn(C)c3ccccc23)C4=O)cc1. The number of rotatable bonds is 4. The first-order chi connectivity index (χ1) is 16.6. The highest BCUT2D eigenvalue weighted by molar-refractivity contribution is 6.15. The molecule has 0 radical (unpaired) electrons. The van der Waals surface area contributed by atoms with Gasteiger partial charge < -0.3 is 18.8 Å². The van der Waals surface area contributed by atoms with Gasteiger partial charge in [-0.1, -0.05) is 30.3 Å². The minimum absolute atomic E-state index is 0.0991. The molecule has 0 saturated heterocycles. The van der Waals surface area contributed by atoms with Crippen molar-refractivity contribution in [2.75, 3.05) is 13.8 Å². The van der Waals surface area contributed by atoms with E-state index in [-0.39, 0.29) is 5.78 Å². The molecule has 6 rings (SSSR count). The normalized spacial score (nSPS) is 16.3. The van der Waals surface area contributed by atoms with Crippen molar-refractivity contribution in [1.82, 2.24) is 9.47 Å². The quantitative estimate of drug-likeness (QED) is 0.401. The number of nitrogens with zero attached hydrogens (tertiary/aromatic N) is 2. The molecule has 6 heteroatoms. The van der Waals surface area contributed by atoms with E-state index in [2.05, 4.69) is 33.7 Å². The van der Waals surface area contributed by atoms with Crippen LogP contribution in [-0.4, -0.2) is 29.1 Å². The summed E-state index contributed by atoms with van der Waals surface area (Å²) < 4.78 is 19.5. The second kappa shape index (κ2) is 8.08. The molecule has 0 amide bonds. The Labute approximate surface area is 197 Å². The summed E-state index contributed by atoms with van der Waals surface area (Å²) in [5.74, 6) is 2.45. The van der Waals surface area contributed by atoms with Gasteiger partial charge in [-0.3, -0.25) is 9.69 Å². The minimum Gasteiger partial charge on any atom is -0.497 e. The zero-order valence-electron chi connectivity index (χ0n) is 19.1. The third-order valence-electron chi connectivity index (χ3n) is 6.46. The lowest BCUT2D eigenvalue weighted by Crippen LogP contribution is -2.31. The van der Waals surface area contributed by atoms with Crippen molar-refractivity contribution in [2.24, 2.45) is 7.05 Å². The Balaban J connectivity index is 1.29. The molecule has 1 aromatic heterocycles. The van der Waals surface area contributed by atoms with Crippen LogP contribution in [0.5, 0.6) is 17.2 Å². The number of benzene rings is 3. The smallest absolute Gasteiger partial charge is 0.231 e. The van der Waals surface area contributed by atoms with Crippen LogP contribution >= 0.6 is 0 Å². The molecule has 0 N–H and O–H groups in total. The molecule has 6 nitrogen and oxygen atoms in total. The van der Waals surface area contributed by atoms with Crippen molar-refractivity contribution in [3.8, 4) is 17.2 Å². The van der Waals surface area contributed by atoms with Crippen molar-refractivity contribution in [3.05, 3.63) is 94.9 Å². The highest BCUT2D eigenvalue weighted by Gasteiger charge is 2.33. The Morgan fingerprint density at radius 3 is 2.71 bits per heavy atom. The predicted octanol–water partition coefficient (Wildman–Crippen LogP) is 5.16. The van der Waals surface area contributed by atoms with Gasteiger partial charge in [0.15, 0.2) is 5.76 Å². The van der Waals surface area contributed by atoms with Crippen LogP contribution in [0, 0.1) is 0 Å². The Morgan fingerprint density at radius 2 is 1.88 bits per heavy atom. The molecule has 170 valence electrons. The summed E-state index contributed by atoms with van der Waals surface area (Å²) >= 11 is 0. The van der Waals surface area contributed by atoms with E-state index in [0.717, 1.165) is 45.6 Å². The maximum Gasteiger partial charge on any atom is 0.231 e. The summed E-state index contributed by atoms with van der Waals surface area (Å²) in [5, 5.41) is 1.08. The maximum atomic E-state index is 13.2. The molecular weight excluding hydrogens is 428 g/mol. The topological polar surface area (TPSA) is 52.9 Å². The molecule has 0 saturated carbocycles. The summed E-state index contributed by atoms with van der Waals surface area (Å²) in [6.07, 6.45) is 3.86. The summed E-state index contributed by atoms with van der Waals surface area (Å²) in [7, 11) is 3.66. The van der Waals surface area contributed by atoms with Crippen LogP contribution in [0.15, 0.2) is 72.6 Å². The fraction of sp³-hybridized carbons (Fsp3) is 0.179. The lowest BCUT2D eigenvalue weighted by molar-refractivity contribution is 0.0872. The monoisotopic (exact) mass is 452 g/mol. The highest BCUT2D eigenvalue weighted by Crippen LogP contribution is 2.42. The molecule has 0 aliphatic carbocycles. The van der Waals surface area contributed by atoms with Crippen molar-refractivity contribution in [1.29, 1.82) is 0 Å². The summed E-state index contributed by atoms with van der Waals surface area (Å²) in [6.45, 7) is 1.84. The van der Waals surface area contributed by atoms with E-state index in [1.807, 2.05) is 49.7 Å². The third kappa shape index (κ3) is 3.43. The van der Waals surface area contributed by atoms with Gasteiger partial charge in [-0.2, -0.15) is 0 Å². The van der Waals surface area contributed by atoms with Gasteiger partial charge in [-0.25, -0.2) is 0 Å². The molecular formula is C28H24N2O4. The van der Waals surface area contributed by atoms with Gasteiger partial charge >= 0.3 is 0 Å². The standard InChI is InChI=1S/C28H24N2O4/c1-29-15-19(21-5-3-4-6-24(21)29)13-26-27(31)22-11-12-25-23(28(22)34-26)16-30(17-33-25)14-18-7-9-20(32-2)10-8-18/h3-13,15H,14,16-17H2,1-2H3/b26-13-. The van der Waals surface area contributed by atoms with Crippen LogP contribution in [-0.2, 0) is 20.1 Å². The summed E-state index contributed by atoms with van der Waals surface area (Å²) in [4.78, 5) is 15.4. The second-order valence-electron chi connectivity index (χ2n) is 8.68. The molecule has 2 aliphatic heterocycles. The number of hydrogen-bond acceptors (Lipinski definition) is 5. The first-order valence-corrected chi connectivity index (χ1v) is 11.2. The Bertz CT molecular complexity index is 1450. The molecule has 3 heterocycles. The van der Waals surface area contributed by atoms with E-state index in [1.165, 1.54) is 0 Å². The summed E-state index contributed by atoms with van der Waals surface area (Å²) in [5.41, 5.74) is 4.72. The molecule has 0 spiro atoms. The van der Waals surface area contributed by atoms with Gasteiger partial charge in [-0.05, 0) is 42.0 Å². The lowest BCUT2D eigenvalue weighted by atomic mass is 10.0. The van der Waals surface area contributed by atoms with Gasteiger partial charge in [-0.15, -0.1) is 0 Å². The summed E-state index contributed by atoms with van der Waals surface area (Å²) in [6, 6.07) is 19.8. The second-order valence-corrected chi connectivity index (χ2v) is 8.68. The number of hydrogen-bond donors (Lipinski definition) is 0. The molecule has 0 atom stereocenters. The number of para-hydroxylation sites is 1.